The third kappa shape index (κ3) is 3.31. The average molecular weight is 369 g/mol. The summed E-state index contributed by atoms with van der Waals surface area (Å²) in [6.07, 6.45) is 2.93. The van der Waals surface area contributed by atoms with Gasteiger partial charge in [0.1, 0.15) is 12.4 Å². The molecule has 0 radical (unpaired) electrons. The van der Waals surface area contributed by atoms with E-state index in [1.807, 2.05) is 41.8 Å². The molecular weight excluding hydrogens is 346 g/mol. The van der Waals surface area contributed by atoms with Crippen molar-refractivity contribution in [3.8, 4) is 16.9 Å². The number of fused-ring (bicyclic) bond motifs is 1. The van der Waals surface area contributed by atoms with Gasteiger partial charge in [-0.05, 0) is 61.2 Å². The lowest BCUT2D eigenvalue weighted by Gasteiger charge is -2.15. The largest absolute Gasteiger partial charge is 0.488 e. The summed E-state index contributed by atoms with van der Waals surface area (Å²) in [6, 6.07) is 20.5. The van der Waals surface area contributed by atoms with E-state index in [0.29, 0.717) is 12.3 Å². The number of carbonyl (C=O) groups is 1. The van der Waals surface area contributed by atoms with Crippen LogP contribution in [0, 0.1) is 20.8 Å². The van der Waals surface area contributed by atoms with E-state index in [1.54, 1.807) is 0 Å². The molecule has 3 heteroatoms. The Hall–Kier alpha value is -3.33. The molecule has 4 rings (SSSR count). The number of aryl methyl sites for hydroxylation is 3. The molecule has 2 aromatic carbocycles. The first-order chi connectivity index (χ1) is 13.6. The summed E-state index contributed by atoms with van der Waals surface area (Å²) in [4.78, 5) is 12.0. The minimum atomic E-state index is 0.487. The topological polar surface area (TPSA) is 30.7 Å². The summed E-state index contributed by atoms with van der Waals surface area (Å²) < 4.78 is 8.21. The van der Waals surface area contributed by atoms with E-state index in [9.17, 15) is 4.79 Å². The van der Waals surface area contributed by atoms with Gasteiger partial charge in [-0.15, -0.1) is 0 Å². The Kier molecular flexibility index (Phi) is 4.74. The van der Waals surface area contributed by atoms with Gasteiger partial charge >= 0.3 is 0 Å². The maximum atomic E-state index is 12.0. The minimum Gasteiger partial charge on any atom is -0.488 e. The number of aromatic nitrogens is 1. The van der Waals surface area contributed by atoms with Gasteiger partial charge in [0.05, 0.1) is 5.69 Å². The smallest absolute Gasteiger partial charge is 0.167 e. The fourth-order valence-electron chi connectivity index (χ4n) is 3.71. The number of ether oxygens (including phenoxy) is 1. The van der Waals surface area contributed by atoms with E-state index >= 15 is 0 Å². The fraction of sp³-hybridized carbons (Fsp3) is 0.160. The van der Waals surface area contributed by atoms with Crippen LogP contribution in [0.1, 0.15) is 32.7 Å². The Labute approximate surface area is 165 Å². The predicted molar refractivity (Wildman–Crippen MR) is 113 cm³/mol. The second-order valence-corrected chi connectivity index (χ2v) is 7.30. The number of rotatable bonds is 5. The van der Waals surface area contributed by atoms with Crippen LogP contribution in [-0.2, 0) is 6.61 Å². The van der Waals surface area contributed by atoms with Crippen molar-refractivity contribution < 1.29 is 9.53 Å². The van der Waals surface area contributed by atoms with Crippen molar-refractivity contribution in [3.05, 3.63) is 94.8 Å². The van der Waals surface area contributed by atoms with Crippen LogP contribution < -0.4 is 4.74 Å². The van der Waals surface area contributed by atoms with Gasteiger partial charge in [-0.3, -0.25) is 4.79 Å². The van der Waals surface area contributed by atoms with Gasteiger partial charge in [-0.1, -0.05) is 42.5 Å². The number of nitrogens with zero attached hydrogens (tertiary/aromatic N) is 1. The molecule has 3 nitrogen and oxygen atoms in total. The monoisotopic (exact) mass is 369 g/mol. The number of hydrogen-bond donors (Lipinski definition) is 0. The molecule has 2 heterocycles. The van der Waals surface area contributed by atoms with Crippen molar-refractivity contribution in [1.82, 2.24) is 4.40 Å². The molecule has 2 aromatic heterocycles. The molecule has 28 heavy (non-hydrogen) atoms. The summed E-state index contributed by atoms with van der Waals surface area (Å²) in [5, 5.41) is 0. The first kappa shape index (κ1) is 18.1. The molecule has 0 saturated carbocycles. The minimum absolute atomic E-state index is 0.487. The van der Waals surface area contributed by atoms with Crippen molar-refractivity contribution >= 4 is 11.8 Å². The Bertz CT molecular complexity index is 1160. The highest BCUT2D eigenvalue weighted by atomic mass is 16.5. The molecule has 140 valence electrons. The van der Waals surface area contributed by atoms with E-state index in [-0.39, 0.29) is 0 Å². The van der Waals surface area contributed by atoms with Crippen LogP contribution in [0.4, 0.5) is 0 Å². The molecule has 0 bridgehead atoms. The predicted octanol–water partition coefficient (Wildman–Crippen LogP) is 5.92. The lowest BCUT2D eigenvalue weighted by atomic mass is 9.99. The third-order valence-electron chi connectivity index (χ3n) is 5.00. The zero-order valence-corrected chi connectivity index (χ0v) is 16.4. The first-order valence-electron chi connectivity index (χ1n) is 9.42. The zero-order chi connectivity index (χ0) is 19.7. The first-order valence-corrected chi connectivity index (χ1v) is 9.42. The molecule has 0 atom stereocenters. The van der Waals surface area contributed by atoms with Gasteiger partial charge < -0.3 is 9.14 Å². The molecule has 4 aromatic rings. The van der Waals surface area contributed by atoms with E-state index in [0.717, 1.165) is 50.9 Å². The molecule has 0 amide bonds. The lowest BCUT2D eigenvalue weighted by Crippen LogP contribution is -2.00. The van der Waals surface area contributed by atoms with Crippen molar-refractivity contribution in [1.29, 1.82) is 0 Å². The summed E-state index contributed by atoms with van der Waals surface area (Å²) in [5.41, 5.74) is 7.92. The van der Waals surface area contributed by atoms with Gasteiger partial charge in [0.15, 0.2) is 6.29 Å². The summed E-state index contributed by atoms with van der Waals surface area (Å²) in [7, 11) is 0. The number of pyridine rings is 1. The summed E-state index contributed by atoms with van der Waals surface area (Å²) in [6.45, 7) is 6.63. The van der Waals surface area contributed by atoms with E-state index in [1.165, 1.54) is 0 Å². The second kappa shape index (κ2) is 7.35. The second-order valence-electron chi connectivity index (χ2n) is 7.30. The third-order valence-corrected chi connectivity index (χ3v) is 5.00. The van der Waals surface area contributed by atoms with E-state index in [4.69, 9.17) is 4.74 Å². The Morgan fingerprint density at radius 2 is 1.68 bits per heavy atom. The number of aldehydes is 1. The zero-order valence-electron chi connectivity index (χ0n) is 16.4. The molecule has 0 saturated heterocycles. The molecule has 0 aliphatic heterocycles. The van der Waals surface area contributed by atoms with Crippen LogP contribution in [0.3, 0.4) is 0 Å². The molecule has 0 spiro atoms. The Morgan fingerprint density at radius 3 is 2.43 bits per heavy atom. The molecule has 0 aliphatic rings. The quantitative estimate of drug-likeness (QED) is 0.409. The molecular formula is C25H23NO2. The molecule has 0 aliphatic carbocycles. The Morgan fingerprint density at radius 1 is 0.893 bits per heavy atom. The maximum absolute atomic E-state index is 12.0. The van der Waals surface area contributed by atoms with Gasteiger partial charge in [-0.25, -0.2) is 0 Å². The van der Waals surface area contributed by atoms with Gasteiger partial charge in [0, 0.05) is 22.8 Å². The summed E-state index contributed by atoms with van der Waals surface area (Å²) in [5.74, 6) is 0.824. The maximum Gasteiger partial charge on any atom is 0.167 e. The standard InChI is InChI=1S/C25H23NO2/c1-17-9-10-21-13-22(24(15-27)26(21)14-17)23-12-18(2)11-19(3)25(23)28-16-20-7-5-4-6-8-20/h4-15H,16H2,1-3H3. The molecule has 0 fully saturated rings. The van der Waals surface area contributed by atoms with Crippen molar-refractivity contribution in [3.63, 3.8) is 0 Å². The highest BCUT2D eigenvalue weighted by Gasteiger charge is 2.18. The van der Waals surface area contributed by atoms with Crippen LogP contribution in [-0.4, -0.2) is 10.7 Å². The Balaban J connectivity index is 1.85. The number of benzene rings is 2. The van der Waals surface area contributed by atoms with Gasteiger partial charge in [0.25, 0.3) is 0 Å². The molecule has 0 N–H and O–H groups in total. The number of carbonyl (C=O) groups excluding carboxylic acids is 1. The van der Waals surface area contributed by atoms with Gasteiger partial charge in [0.2, 0.25) is 0 Å². The van der Waals surface area contributed by atoms with Crippen molar-refractivity contribution in [2.24, 2.45) is 0 Å². The molecule has 0 unspecified atom stereocenters. The SMILES string of the molecule is Cc1cc(C)c(OCc2ccccc2)c(-c2cc3ccc(C)cn3c2C=O)c1. The van der Waals surface area contributed by atoms with Crippen molar-refractivity contribution in [2.75, 3.05) is 0 Å². The van der Waals surface area contributed by atoms with Crippen molar-refractivity contribution in [2.45, 2.75) is 27.4 Å². The average Bonchev–Trinajstić information content (AvgIpc) is 3.05. The van der Waals surface area contributed by atoms with E-state index in [2.05, 4.69) is 50.2 Å². The normalized spacial score (nSPS) is 11.0. The van der Waals surface area contributed by atoms with Crippen LogP contribution in [0.5, 0.6) is 5.75 Å². The highest BCUT2D eigenvalue weighted by molar-refractivity contribution is 5.92. The summed E-state index contributed by atoms with van der Waals surface area (Å²) >= 11 is 0. The van der Waals surface area contributed by atoms with Crippen LogP contribution >= 0.6 is 0 Å². The van der Waals surface area contributed by atoms with E-state index < -0.39 is 0 Å². The lowest BCUT2D eigenvalue weighted by molar-refractivity contribution is 0.111. The highest BCUT2D eigenvalue weighted by Crippen LogP contribution is 2.38. The fourth-order valence-corrected chi connectivity index (χ4v) is 3.71. The van der Waals surface area contributed by atoms with Crippen LogP contribution in [0.15, 0.2) is 66.9 Å². The van der Waals surface area contributed by atoms with Crippen LogP contribution in [0.2, 0.25) is 0 Å². The van der Waals surface area contributed by atoms with Gasteiger partial charge in [-0.2, -0.15) is 0 Å². The van der Waals surface area contributed by atoms with Crippen LogP contribution in [0.25, 0.3) is 16.6 Å². The number of hydrogen-bond acceptors (Lipinski definition) is 2.